The number of carbonyl (C=O) groups excluding carboxylic acids is 2. The van der Waals surface area contributed by atoms with E-state index < -0.39 is 0 Å². The van der Waals surface area contributed by atoms with Crippen molar-refractivity contribution in [2.45, 2.75) is 57.5 Å². The van der Waals surface area contributed by atoms with Gasteiger partial charge < -0.3 is 10.1 Å². The number of hydrogen-bond donors (Lipinski definition) is 1. The molecule has 2 fully saturated rings. The van der Waals surface area contributed by atoms with Gasteiger partial charge in [0, 0.05) is 37.6 Å². The van der Waals surface area contributed by atoms with Gasteiger partial charge in [-0.1, -0.05) is 12.8 Å². The molecule has 0 unspecified atom stereocenters. The topological polar surface area (TPSA) is 71.5 Å². The van der Waals surface area contributed by atoms with Gasteiger partial charge in [-0.25, -0.2) is 4.79 Å². The molecule has 2 aliphatic carbocycles. The van der Waals surface area contributed by atoms with E-state index in [1.165, 1.54) is 17.7 Å². The Morgan fingerprint density at radius 2 is 1.77 bits per heavy atom. The first kappa shape index (κ1) is 18.7. The van der Waals surface area contributed by atoms with Crippen molar-refractivity contribution in [2.24, 2.45) is 11.8 Å². The normalized spacial score (nSPS) is 23.4. The maximum Gasteiger partial charge on any atom is 0.414 e. The van der Waals surface area contributed by atoms with E-state index >= 15 is 0 Å². The van der Waals surface area contributed by atoms with E-state index in [2.05, 4.69) is 10.3 Å². The first-order valence-corrected chi connectivity index (χ1v) is 9.75. The van der Waals surface area contributed by atoms with Crippen LogP contribution in [0.3, 0.4) is 0 Å². The summed E-state index contributed by atoms with van der Waals surface area (Å²) in [6, 6.07) is 3.57. The van der Waals surface area contributed by atoms with Crippen LogP contribution in [0.25, 0.3) is 0 Å². The molecular weight excluding hydrogens is 330 g/mol. The van der Waals surface area contributed by atoms with Crippen LogP contribution in [0.2, 0.25) is 0 Å². The van der Waals surface area contributed by atoms with E-state index in [-0.39, 0.29) is 24.0 Å². The Morgan fingerprint density at radius 3 is 2.42 bits per heavy atom. The minimum Gasteiger partial charge on any atom is -0.446 e. The Balaban J connectivity index is 1.37. The number of hydrogen-bond acceptors (Lipinski definition) is 4. The van der Waals surface area contributed by atoms with E-state index in [0.29, 0.717) is 5.92 Å². The highest BCUT2D eigenvalue weighted by molar-refractivity contribution is 5.86. The van der Waals surface area contributed by atoms with Crippen LogP contribution < -0.4 is 10.2 Å². The average Bonchev–Trinajstić information content (AvgIpc) is 3.22. The summed E-state index contributed by atoms with van der Waals surface area (Å²) in [7, 11) is 1.71. The molecule has 1 N–H and O–H groups in total. The van der Waals surface area contributed by atoms with Crippen molar-refractivity contribution in [3.8, 4) is 0 Å². The first-order chi connectivity index (χ1) is 12.6. The molecule has 6 nitrogen and oxygen atoms in total. The predicted molar refractivity (Wildman–Crippen MR) is 99.8 cm³/mol. The molecule has 0 bridgehead atoms. The van der Waals surface area contributed by atoms with Crippen LogP contribution in [-0.2, 0) is 9.53 Å². The second-order valence-electron chi connectivity index (χ2n) is 7.52. The number of aromatic nitrogens is 1. The van der Waals surface area contributed by atoms with Gasteiger partial charge in [0.15, 0.2) is 0 Å². The van der Waals surface area contributed by atoms with Crippen molar-refractivity contribution < 1.29 is 14.3 Å². The van der Waals surface area contributed by atoms with Gasteiger partial charge in [-0.2, -0.15) is 0 Å². The molecule has 142 valence electrons. The van der Waals surface area contributed by atoms with Gasteiger partial charge in [0.05, 0.1) is 0 Å². The van der Waals surface area contributed by atoms with Crippen molar-refractivity contribution in [1.82, 2.24) is 10.3 Å². The third-order valence-electron chi connectivity index (χ3n) is 5.68. The highest BCUT2D eigenvalue weighted by Crippen LogP contribution is 2.28. The molecule has 2 aliphatic rings. The second kappa shape index (κ2) is 9.01. The molecule has 2 saturated carbocycles. The minimum atomic E-state index is -0.325. The van der Waals surface area contributed by atoms with Gasteiger partial charge in [0.25, 0.3) is 0 Å². The van der Waals surface area contributed by atoms with Crippen LogP contribution in [0.15, 0.2) is 24.5 Å². The zero-order chi connectivity index (χ0) is 18.4. The summed E-state index contributed by atoms with van der Waals surface area (Å²) in [5.41, 5.74) is 0.772. The van der Waals surface area contributed by atoms with Crippen LogP contribution in [0.5, 0.6) is 0 Å². The van der Waals surface area contributed by atoms with Crippen LogP contribution in [0.1, 0.15) is 51.4 Å². The zero-order valence-corrected chi connectivity index (χ0v) is 15.5. The molecular formula is C20H29N3O3. The molecule has 1 heterocycles. The van der Waals surface area contributed by atoms with Crippen molar-refractivity contribution in [3.63, 3.8) is 0 Å². The third-order valence-corrected chi connectivity index (χ3v) is 5.68. The van der Waals surface area contributed by atoms with Crippen molar-refractivity contribution in [1.29, 1.82) is 0 Å². The lowest BCUT2D eigenvalue weighted by Crippen LogP contribution is -2.37. The lowest BCUT2D eigenvalue weighted by atomic mass is 9.87. The number of nitrogens with one attached hydrogen (secondary N) is 1. The monoisotopic (exact) mass is 359 g/mol. The molecule has 0 aliphatic heterocycles. The molecule has 0 aromatic carbocycles. The van der Waals surface area contributed by atoms with Crippen LogP contribution in [-0.4, -0.2) is 36.7 Å². The van der Waals surface area contributed by atoms with E-state index in [9.17, 15) is 9.59 Å². The molecule has 26 heavy (non-hydrogen) atoms. The van der Waals surface area contributed by atoms with Crippen molar-refractivity contribution in [2.75, 3.05) is 18.5 Å². The number of nitrogens with zero attached hydrogens (tertiary/aromatic N) is 2. The number of ether oxygens (including phenoxy) is 1. The summed E-state index contributed by atoms with van der Waals surface area (Å²) in [6.07, 6.45) is 11.1. The molecule has 1 aromatic heterocycles. The second-order valence-corrected chi connectivity index (χ2v) is 7.52. The van der Waals surface area contributed by atoms with Gasteiger partial charge in [-0.15, -0.1) is 0 Å². The van der Waals surface area contributed by atoms with E-state index in [4.69, 9.17) is 4.74 Å². The SMILES string of the molecule is CN(C(=O)OC1CCC(CNC(=O)C2CCCC2)CC1)c1ccncc1. The van der Waals surface area contributed by atoms with Crippen molar-refractivity contribution in [3.05, 3.63) is 24.5 Å². The highest BCUT2D eigenvalue weighted by atomic mass is 16.6. The molecule has 0 saturated heterocycles. The van der Waals surface area contributed by atoms with Gasteiger partial charge in [0.1, 0.15) is 6.10 Å². The Morgan fingerprint density at radius 1 is 1.12 bits per heavy atom. The average molecular weight is 359 g/mol. The summed E-state index contributed by atoms with van der Waals surface area (Å²) >= 11 is 0. The summed E-state index contributed by atoms with van der Waals surface area (Å²) in [5.74, 6) is 0.958. The summed E-state index contributed by atoms with van der Waals surface area (Å²) in [4.78, 5) is 29.9. The van der Waals surface area contributed by atoms with Gasteiger partial charge in [-0.05, 0) is 56.6 Å². The van der Waals surface area contributed by atoms with Crippen LogP contribution >= 0.6 is 0 Å². The Bertz CT molecular complexity index is 594. The first-order valence-electron chi connectivity index (χ1n) is 9.75. The summed E-state index contributed by atoms with van der Waals surface area (Å²) in [5, 5.41) is 3.13. The van der Waals surface area contributed by atoms with E-state index in [0.717, 1.165) is 50.8 Å². The lowest BCUT2D eigenvalue weighted by Gasteiger charge is -2.30. The molecule has 0 spiro atoms. The Kier molecular flexibility index (Phi) is 6.47. The summed E-state index contributed by atoms with van der Waals surface area (Å²) < 4.78 is 5.64. The van der Waals surface area contributed by atoms with Crippen molar-refractivity contribution >= 4 is 17.7 Å². The number of rotatable bonds is 5. The lowest BCUT2D eigenvalue weighted by molar-refractivity contribution is -0.125. The molecule has 0 radical (unpaired) electrons. The number of anilines is 1. The molecule has 1 aromatic rings. The standard InChI is InChI=1S/C20H29N3O3/c1-23(17-10-12-21-13-11-17)20(25)26-18-8-6-15(7-9-18)14-22-19(24)16-4-2-3-5-16/h10-13,15-16,18H,2-9,14H2,1H3,(H,22,24). The highest BCUT2D eigenvalue weighted by Gasteiger charge is 2.27. The van der Waals surface area contributed by atoms with Gasteiger partial charge in [0.2, 0.25) is 5.91 Å². The Hall–Kier alpha value is -2.11. The zero-order valence-electron chi connectivity index (χ0n) is 15.5. The number of pyridine rings is 1. The number of amides is 2. The third kappa shape index (κ3) is 4.96. The smallest absolute Gasteiger partial charge is 0.414 e. The predicted octanol–water partition coefficient (Wildman–Crippen LogP) is 3.52. The number of carbonyl (C=O) groups is 2. The van der Waals surface area contributed by atoms with Gasteiger partial charge >= 0.3 is 6.09 Å². The molecule has 2 amide bonds. The fourth-order valence-corrected chi connectivity index (χ4v) is 3.93. The largest absolute Gasteiger partial charge is 0.446 e. The van der Waals surface area contributed by atoms with Crippen LogP contribution in [0.4, 0.5) is 10.5 Å². The fraction of sp³-hybridized carbons (Fsp3) is 0.650. The molecule has 3 rings (SSSR count). The summed E-state index contributed by atoms with van der Waals surface area (Å²) in [6.45, 7) is 0.757. The Labute approximate surface area is 155 Å². The minimum absolute atomic E-state index is 0.0337. The van der Waals surface area contributed by atoms with E-state index in [1.54, 1.807) is 31.6 Å². The molecule has 0 atom stereocenters. The molecule has 6 heteroatoms. The maximum absolute atomic E-state index is 12.3. The maximum atomic E-state index is 12.3. The van der Waals surface area contributed by atoms with Crippen LogP contribution in [0, 0.1) is 11.8 Å². The quantitative estimate of drug-likeness (QED) is 0.873. The van der Waals surface area contributed by atoms with E-state index in [1.807, 2.05) is 0 Å². The fourth-order valence-electron chi connectivity index (χ4n) is 3.93. The van der Waals surface area contributed by atoms with Gasteiger partial charge in [-0.3, -0.25) is 14.7 Å².